The highest BCUT2D eigenvalue weighted by atomic mass is 16.5. The van der Waals surface area contributed by atoms with E-state index in [1.807, 2.05) is 23.1 Å². The molecule has 1 saturated carbocycles. The van der Waals surface area contributed by atoms with Crippen LogP contribution in [0.3, 0.4) is 0 Å². The van der Waals surface area contributed by atoms with Crippen LogP contribution in [-0.4, -0.2) is 35.2 Å². The van der Waals surface area contributed by atoms with Gasteiger partial charge < -0.3 is 14.7 Å². The van der Waals surface area contributed by atoms with E-state index in [9.17, 15) is 9.90 Å². The quantitative estimate of drug-likeness (QED) is 0.904. The standard InChI is InChI=1S/C19H27NO3/c21-18-11-5-4-9-16(18)13-20(14-17-10-6-12-23-17)19(22)15-7-2-1-3-8-15/h4-5,9,11,15,17,21H,1-3,6-8,10,12-14H2. The first-order chi connectivity index (χ1) is 11.2. The molecule has 126 valence electrons. The number of benzene rings is 1. The van der Waals surface area contributed by atoms with Crippen LogP contribution < -0.4 is 0 Å². The van der Waals surface area contributed by atoms with Crippen LogP contribution in [0.1, 0.15) is 50.5 Å². The largest absolute Gasteiger partial charge is 0.508 e. The maximum atomic E-state index is 13.0. The zero-order chi connectivity index (χ0) is 16.1. The molecule has 1 aromatic rings. The van der Waals surface area contributed by atoms with Gasteiger partial charge in [-0.3, -0.25) is 4.79 Å². The minimum atomic E-state index is 0.147. The lowest BCUT2D eigenvalue weighted by molar-refractivity contribution is -0.138. The van der Waals surface area contributed by atoms with E-state index in [1.54, 1.807) is 6.07 Å². The lowest BCUT2D eigenvalue weighted by Gasteiger charge is -2.31. The van der Waals surface area contributed by atoms with Crippen molar-refractivity contribution in [2.24, 2.45) is 5.92 Å². The number of aromatic hydroxyl groups is 1. The van der Waals surface area contributed by atoms with Crippen LogP contribution in [0.5, 0.6) is 5.75 Å². The van der Waals surface area contributed by atoms with Crippen molar-refractivity contribution in [3.05, 3.63) is 29.8 Å². The minimum Gasteiger partial charge on any atom is -0.508 e. The average molecular weight is 317 g/mol. The van der Waals surface area contributed by atoms with Crippen molar-refractivity contribution >= 4 is 5.91 Å². The molecule has 1 aliphatic carbocycles. The molecule has 23 heavy (non-hydrogen) atoms. The van der Waals surface area contributed by atoms with E-state index in [0.717, 1.165) is 50.7 Å². The Labute approximate surface area is 138 Å². The molecule has 0 aromatic heterocycles. The molecular formula is C19H27NO3. The minimum absolute atomic E-state index is 0.147. The van der Waals surface area contributed by atoms with Crippen molar-refractivity contribution in [3.8, 4) is 5.75 Å². The number of nitrogens with zero attached hydrogens (tertiary/aromatic N) is 1. The number of phenolic OH excluding ortho intramolecular Hbond substituents is 1. The maximum Gasteiger partial charge on any atom is 0.226 e. The van der Waals surface area contributed by atoms with Gasteiger partial charge >= 0.3 is 0 Å². The van der Waals surface area contributed by atoms with Crippen LogP contribution in [0.2, 0.25) is 0 Å². The van der Waals surface area contributed by atoms with Crippen molar-refractivity contribution in [2.75, 3.05) is 13.2 Å². The first kappa shape index (κ1) is 16.3. The Hall–Kier alpha value is -1.55. The Morgan fingerprint density at radius 2 is 1.91 bits per heavy atom. The Bertz CT molecular complexity index is 519. The molecular weight excluding hydrogens is 290 g/mol. The molecule has 1 aliphatic heterocycles. The number of rotatable bonds is 5. The Balaban J connectivity index is 1.72. The maximum absolute atomic E-state index is 13.0. The summed E-state index contributed by atoms with van der Waals surface area (Å²) < 4.78 is 5.73. The van der Waals surface area contributed by atoms with Crippen LogP contribution in [-0.2, 0) is 16.1 Å². The number of amides is 1. The second-order valence-corrected chi connectivity index (χ2v) is 6.82. The van der Waals surface area contributed by atoms with Gasteiger partial charge in [-0.05, 0) is 31.7 Å². The Morgan fingerprint density at radius 1 is 1.13 bits per heavy atom. The molecule has 4 heteroatoms. The van der Waals surface area contributed by atoms with E-state index in [0.29, 0.717) is 13.1 Å². The summed E-state index contributed by atoms with van der Waals surface area (Å²) in [5, 5.41) is 10.0. The Kier molecular flexibility index (Phi) is 5.55. The second-order valence-electron chi connectivity index (χ2n) is 6.82. The molecule has 1 unspecified atom stereocenters. The fraction of sp³-hybridized carbons (Fsp3) is 0.632. The van der Waals surface area contributed by atoms with E-state index in [4.69, 9.17) is 4.74 Å². The van der Waals surface area contributed by atoms with Gasteiger partial charge in [0.25, 0.3) is 0 Å². The summed E-state index contributed by atoms with van der Waals surface area (Å²) in [6.07, 6.45) is 7.80. The SMILES string of the molecule is O=C(C1CCCCC1)N(Cc1ccccc1O)CC1CCCO1. The van der Waals surface area contributed by atoms with Gasteiger partial charge in [0.05, 0.1) is 6.10 Å². The molecule has 0 bridgehead atoms. The number of hydrogen-bond donors (Lipinski definition) is 1. The van der Waals surface area contributed by atoms with Crippen molar-refractivity contribution in [3.63, 3.8) is 0 Å². The molecule has 1 N–H and O–H groups in total. The number of hydrogen-bond acceptors (Lipinski definition) is 3. The van der Waals surface area contributed by atoms with Gasteiger partial charge in [0.2, 0.25) is 5.91 Å². The number of para-hydroxylation sites is 1. The first-order valence-electron chi connectivity index (χ1n) is 8.91. The van der Waals surface area contributed by atoms with E-state index in [-0.39, 0.29) is 23.7 Å². The molecule has 4 nitrogen and oxygen atoms in total. The second kappa shape index (κ2) is 7.82. The normalized spacial score (nSPS) is 22.2. The van der Waals surface area contributed by atoms with Gasteiger partial charge in [-0.1, -0.05) is 37.5 Å². The van der Waals surface area contributed by atoms with Crippen molar-refractivity contribution < 1.29 is 14.6 Å². The fourth-order valence-electron chi connectivity index (χ4n) is 3.72. The summed E-state index contributed by atoms with van der Waals surface area (Å²) >= 11 is 0. The number of carbonyl (C=O) groups is 1. The van der Waals surface area contributed by atoms with Crippen LogP contribution in [0.4, 0.5) is 0 Å². The van der Waals surface area contributed by atoms with Crippen LogP contribution in [0.15, 0.2) is 24.3 Å². The third kappa shape index (κ3) is 4.25. The lowest BCUT2D eigenvalue weighted by atomic mass is 9.88. The highest BCUT2D eigenvalue weighted by Crippen LogP contribution is 2.28. The molecule has 1 heterocycles. The molecule has 0 spiro atoms. The van der Waals surface area contributed by atoms with Gasteiger partial charge in [-0.2, -0.15) is 0 Å². The summed E-state index contributed by atoms with van der Waals surface area (Å²) in [4.78, 5) is 14.9. The Morgan fingerprint density at radius 3 is 2.61 bits per heavy atom. The molecule has 1 atom stereocenters. The zero-order valence-corrected chi connectivity index (χ0v) is 13.7. The zero-order valence-electron chi connectivity index (χ0n) is 13.7. The van der Waals surface area contributed by atoms with Gasteiger partial charge in [-0.15, -0.1) is 0 Å². The van der Waals surface area contributed by atoms with Gasteiger partial charge in [0.1, 0.15) is 5.75 Å². The fourth-order valence-corrected chi connectivity index (χ4v) is 3.72. The predicted octanol–water partition coefficient (Wildman–Crippen LogP) is 3.48. The van der Waals surface area contributed by atoms with Gasteiger partial charge in [0.15, 0.2) is 0 Å². The van der Waals surface area contributed by atoms with E-state index in [2.05, 4.69) is 0 Å². The average Bonchev–Trinajstić information content (AvgIpc) is 3.09. The highest BCUT2D eigenvalue weighted by Gasteiger charge is 2.29. The number of phenols is 1. The van der Waals surface area contributed by atoms with Crippen LogP contribution in [0, 0.1) is 5.92 Å². The third-order valence-electron chi connectivity index (χ3n) is 5.07. The smallest absolute Gasteiger partial charge is 0.226 e. The number of ether oxygens (including phenoxy) is 1. The van der Waals surface area contributed by atoms with Crippen molar-refractivity contribution in [1.82, 2.24) is 4.90 Å². The molecule has 2 aliphatic rings. The van der Waals surface area contributed by atoms with Crippen molar-refractivity contribution in [2.45, 2.75) is 57.6 Å². The summed E-state index contributed by atoms with van der Waals surface area (Å²) in [7, 11) is 0. The summed E-state index contributed by atoms with van der Waals surface area (Å²) in [5.41, 5.74) is 0.814. The molecule has 0 radical (unpaired) electrons. The molecule has 2 fully saturated rings. The first-order valence-corrected chi connectivity index (χ1v) is 8.91. The van der Waals surface area contributed by atoms with Gasteiger partial charge in [-0.25, -0.2) is 0 Å². The van der Waals surface area contributed by atoms with E-state index in [1.165, 1.54) is 6.42 Å². The summed E-state index contributed by atoms with van der Waals surface area (Å²) in [6.45, 7) is 1.91. The third-order valence-corrected chi connectivity index (χ3v) is 5.07. The topological polar surface area (TPSA) is 49.8 Å². The van der Waals surface area contributed by atoms with E-state index >= 15 is 0 Å². The summed E-state index contributed by atoms with van der Waals surface area (Å²) in [5.74, 6) is 0.653. The van der Waals surface area contributed by atoms with Crippen LogP contribution >= 0.6 is 0 Å². The van der Waals surface area contributed by atoms with Crippen LogP contribution in [0.25, 0.3) is 0 Å². The molecule has 1 amide bonds. The van der Waals surface area contributed by atoms with Gasteiger partial charge in [0, 0.05) is 31.2 Å². The lowest BCUT2D eigenvalue weighted by Crippen LogP contribution is -2.41. The van der Waals surface area contributed by atoms with E-state index < -0.39 is 0 Å². The number of carbonyl (C=O) groups excluding carboxylic acids is 1. The summed E-state index contributed by atoms with van der Waals surface area (Å²) in [6, 6.07) is 7.30. The molecule has 3 rings (SSSR count). The molecule has 1 saturated heterocycles. The monoisotopic (exact) mass is 317 g/mol. The highest BCUT2D eigenvalue weighted by molar-refractivity contribution is 5.79. The van der Waals surface area contributed by atoms with Crippen molar-refractivity contribution in [1.29, 1.82) is 0 Å². The molecule has 1 aromatic carbocycles. The predicted molar refractivity (Wildman–Crippen MR) is 89.1 cm³/mol.